The number of hydrogen-bond acceptors (Lipinski definition) is 3. The van der Waals surface area contributed by atoms with E-state index in [2.05, 4.69) is 91.4 Å². The molecule has 197 valence electrons. The van der Waals surface area contributed by atoms with Crippen LogP contribution in [0.25, 0.3) is 44.3 Å². The Kier molecular flexibility index (Phi) is 8.07. The summed E-state index contributed by atoms with van der Waals surface area (Å²) >= 11 is 0. The van der Waals surface area contributed by atoms with Gasteiger partial charge >= 0.3 is 0 Å². The molecule has 3 heterocycles. The van der Waals surface area contributed by atoms with Crippen LogP contribution in [0.1, 0.15) is 40.9 Å². The van der Waals surface area contributed by atoms with Gasteiger partial charge in [0.05, 0.1) is 11.3 Å². The molecule has 1 aliphatic rings. The summed E-state index contributed by atoms with van der Waals surface area (Å²) in [5, 5.41) is 3.58. The number of benzene rings is 3. The molecule has 3 nitrogen and oxygen atoms in total. The van der Waals surface area contributed by atoms with Crippen LogP contribution in [0.3, 0.4) is 0 Å². The summed E-state index contributed by atoms with van der Waals surface area (Å²) in [7, 11) is 0. The van der Waals surface area contributed by atoms with Gasteiger partial charge in [0.15, 0.2) is 0 Å². The monoisotopic (exact) mass is 687 g/mol. The molecule has 0 N–H and O–H groups in total. The maximum absolute atomic E-state index is 6.25. The van der Waals surface area contributed by atoms with Gasteiger partial charge in [-0.15, -0.1) is 53.6 Å². The molecule has 3 aromatic heterocycles. The molecule has 7 rings (SSSR count). The molecule has 0 atom stereocenters. The van der Waals surface area contributed by atoms with Crippen molar-refractivity contribution in [3.63, 3.8) is 0 Å². The number of fused-ring (bicyclic) bond motifs is 4. The van der Waals surface area contributed by atoms with E-state index < -0.39 is 0 Å². The summed E-state index contributed by atoms with van der Waals surface area (Å²) in [5.41, 5.74) is 10.1. The Morgan fingerprint density at radius 3 is 2.49 bits per heavy atom. The number of pyridine rings is 2. The van der Waals surface area contributed by atoms with E-state index in [0.717, 1.165) is 52.1 Å². The average Bonchev–Trinajstić information content (AvgIpc) is 3.34. The van der Waals surface area contributed by atoms with Crippen LogP contribution in [-0.2, 0) is 32.9 Å². The van der Waals surface area contributed by atoms with Crippen LogP contribution in [0, 0.1) is 32.9 Å². The molecule has 0 amide bonds. The van der Waals surface area contributed by atoms with Gasteiger partial charge < -0.3 is 14.4 Å². The summed E-state index contributed by atoms with van der Waals surface area (Å²) in [6.45, 7) is 6.24. The normalized spacial score (nSPS) is 12.4. The van der Waals surface area contributed by atoms with Crippen LogP contribution in [-0.4, -0.2) is 9.97 Å². The molecule has 1 aliphatic carbocycles. The molecule has 0 aliphatic heterocycles. The standard InChI is InChI=1S/C21H16NO.C14H14N.Ir/c1-2-7-15-14(6-1)12-13-22-20(15)18-10-5-9-17-16-8-3-4-11-19(16)23-21(17)18;1-10-4-6-13(7-5-10)14-8-11(2)12(3)9-15-14;/h1-2,5-7,9,12-13H,3-4,8,11H2;4-6,8-9H,1-3H3;/q2*-1;. The zero-order valence-corrected chi connectivity index (χ0v) is 24.9. The van der Waals surface area contributed by atoms with E-state index in [1.807, 2.05) is 30.6 Å². The van der Waals surface area contributed by atoms with Crippen molar-refractivity contribution in [2.24, 2.45) is 0 Å². The molecule has 0 saturated carbocycles. The van der Waals surface area contributed by atoms with Crippen LogP contribution in [0.15, 0.2) is 83.5 Å². The Labute approximate surface area is 243 Å². The van der Waals surface area contributed by atoms with Crippen LogP contribution in [0.4, 0.5) is 0 Å². The zero-order valence-electron chi connectivity index (χ0n) is 22.5. The minimum atomic E-state index is 0. The molecule has 0 saturated heterocycles. The topological polar surface area (TPSA) is 38.9 Å². The number of nitrogens with zero attached hydrogens (tertiary/aromatic N) is 2. The summed E-state index contributed by atoms with van der Waals surface area (Å²) in [6, 6.07) is 29.4. The number of aromatic nitrogens is 2. The first-order valence-corrected chi connectivity index (χ1v) is 13.3. The van der Waals surface area contributed by atoms with E-state index in [0.29, 0.717) is 0 Å². The third kappa shape index (κ3) is 5.45. The van der Waals surface area contributed by atoms with E-state index in [9.17, 15) is 0 Å². The van der Waals surface area contributed by atoms with Crippen molar-refractivity contribution < 1.29 is 24.5 Å². The van der Waals surface area contributed by atoms with Crippen molar-refractivity contribution >= 4 is 21.7 Å². The van der Waals surface area contributed by atoms with E-state index >= 15 is 0 Å². The van der Waals surface area contributed by atoms with Crippen LogP contribution >= 0.6 is 0 Å². The van der Waals surface area contributed by atoms with Crippen molar-refractivity contribution in [2.45, 2.75) is 46.5 Å². The number of aryl methyl sites for hydroxylation is 5. The summed E-state index contributed by atoms with van der Waals surface area (Å²) in [4.78, 5) is 9.05. The molecule has 1 radical (unpaired) electrons. The van der Waals surface area contributed by atoms with Gasteiger partial charge in [-0.05, 0) is 72.5 Å². The number of hydrogen-bond donors (Lipinski definition) is 0. The second-order valence-corrected chi connectivity index (χ2v) is 10.1. The van der Waals surface area contributed by atoms with Gasteiger partial charge in [0, 0.05) is 38.9 Å². The van der Waals surface area contributed by atoms with E-state index in [-0.39, 0.29) is 20.1 Å². The maximum atomic E-state index is 6.25. The molecule has 39 heavy (non-hydrogen) atoms. The van der Waals surface area contributed by atoms with E-state index in [1.54, 1.807) is 0 Å². The molecular weight excluding hydrogens is 657 g/mol. The molecule has 0 unspecified atom stereocenters. The van der Waals surface area contributed by atoms with Crippen LogP contribution < -0.4 is 0 Å². The molecule has 0 fully saturated rings. The fraction of sp³-hybridized carbons (Fsp3) is 0.200. The summed E-state index contributed by atoms with van der Waals surface area (Å²) < 4.78 is 6.25. The largest absolute Gasteiger partial charge is 0.505 e. The zero-order chi connectivity index (χ0) is 26.1. The second-order valence-electron chi connectivity index (χ2n) is 10.1. The fourth-order valence-electron chi connectivity index (χ4n) is 5.15. The Hall–Kier alpha value is -3.59. The van der Waals surface area contributed by atoms with Crippen molar-refractivity contribution in [3.05, 3.63) is 119 Å². The Balaban J connectivity index is 0.000000169. The molecule has 4 heteroatoms. The predicted molar refractivity (Wildman–Crippen MR) is 155 cm³/mol. The van der Waals surface area contributed by atoms with E-state index in [1.165, 1.54) is 45.9 Å². The third-order valence-corrected chi connectivity index (χ3v) is 7.44. The molecule has 0 spiro atoms. The SMILES string of the molecule is Cc1c[c-]c(-c2cc(C)c(C)cn2)cc1.[Ir].[c-]1ccc2c3c(oc2c1-c1nccc2ccccc12)CCCC3. The first-order chi connectivity index (χ1) is 18.6. The van der Waals surface area contributed by atoms with Gasteiger partial charge in [-0.2, -0.15) is 0 Å². The van der Waals surface area contributed by atoms with Gasteiger partial charge in [0.2, 0.25) is 0 Å². The first kappa shape index (κ1) is 27.0. The molecule has 6 aromatic rings. The van der Waals surface area contributed by atoms with Crippen molar-refractivity contribution in [3.8, 4) is 22.5 Å². The number of furan rings is 1. The summed E-state index contributed by atoms with van der Waals surface area (Å²) in [6.07, 6.45) is 8.42. The molecule has 3 aromatic carbocycles. The van der Waals surface area contributed by atoms with Gasteiger partial charge in [0.25, 0.3) is 0 Å². The van der Waals surface area contributed by atoms with Gasteiger partial charge in [-0.1, -0.05) is 53.8 Å². The predicted octanol–water partition coefficient (Wildman–Crippen LogP) is 8.80. The fourth-order valence-corrected chi connectivity index (χ4v) is 5.15. The second kappa shape index (κ2) is 11.7. The van der Waals surface area contributed by atoms with Crippen molar-refractivity contribution in [1.29, 1.82) is 0 Å². The van der Waals surface area contributed by atoms with Crippen molar-refractivity contribution in [1.82, 2.24) is 9.97 Å². The third-order valence-electron chi connectivity index (χ3n) is 7.44. The quantitative estimate of drug-likeness (QED) is 0.171. The summed E-state index contributed by atoms with van der Waals surface area (Å²) in [5.74, 6) is 1.16. The van der Waals surface area contributed by atoms with E-state index in [4.69, 9.17) is 4.42 Å². The van der Waals surface area contributed by atoms with Crippen LogP contribution in [0.2, 0.25) is 0 Å². The first-order valence-electron chi connectivity index (χ1n) is 13.3. The maximum Gasteiger partial charge on any atom is 0.0930 e. The smallest absolute Gasteiger partial charge is 0.0930 e. The minimum absolute atomic E-state index is 0. The van der Waals surface area contributed by atoms with Gasteiger partial charge in [-0.25, -0.2) is 0 Å². The Morgan fingerprint density at radius 1 is 0.821 bits per heavy atom. The Bertz CT molecular complexity index is 1750. The Morgan fingerprint density at radius 2 is 1.67 bits per heavy atom. The number of rotatable bonds is 2. The van der Waals surface area contributed by atoms with Crippen molar-refractivity contribution in [2.75, 3.05) is 0 Å². The minimum Gasteiger partial charge on any atom is -0.505 e. The molecular formula is C35H30IrN2O-2. The van der Waals surface area contributed by atoms with Gasteiger partial charge in [0.1, 0.15) is 0 Å². The molecule has 0 bridgehead atoms. The van der Waals surface area contributed by atoms with Gasteiger partial charge in [-0.3, -0.25) is 0 Å². The average molecular weight is 687 g/mol. The van der Waals surface area contributed by atoms with Crippen LogP contribution in [0.5, 0.6) is 0 Å².